The van der Waals surface area contributed by atoms with Gasteiger partial charge in [0.25, 0.3) is 5.91 Å². The summed E-state index contributed by atoms with van der Waals surface area (Å²) in [5, 5.41) is 3.47. The first-order valence-electron chi connectivity index (χ1n) is 6.64. The Balaban J connectivity index is 2.06. The number of nitrogens with one attached hydrogen (secondary N) is 3. The lowest BCUT2D eigenvalue weighted by molar-refractivity contribution is 0.0929. The summed E-state index contributed by atoms with van der Waals surface area (Å²) in [6.07, 6.45) is 0.894. The van der Waals surface area contributed by atoms with Gasteiger partial charge < -0.3 is 5.32 Å². The number of hydrogen-bond donors (Lipinski definition) is 3. The first-order chi connectivity index (χ1) is 9.06. The Morgan fingerprint density at radius 1 is 1.37 bits per heavy atom. The van der Waals surface area contributed by atoms with Crippen LogP contribution in [0.3, 0.4) is 0 Å². The number of amides is 1. The highest BCUT2D eigenvalue weighted by Crippen LogP contribution is 2.26. The summed E-state index contributed by atoms with van der Waals surface area (Å²) < 4.78 is 0. The predicted octanol–water partition coefficient (Wildman–Crippen LogP) is 2.13. The van der Waals surface area contributed by atoms with Crippen molar-refractivity contribution in [1.29, 1.82) is 0 Å². The van der Waals surface area contributed by atoms with E-state index in [0.717, 1.165) is 16.9 Å². The van der Waals surface area contributed by atoms with Gasteiger partial charge in [-0.15, -0.1) is 11.8 Å². The van der Waals surface area contributed by atoms with Gasteiger partial charge in [0.1, 0.15) is 0 Å². The molecule has 4 nitrogen and oxygen atoms in total. The Labute approximate surface area is 118 Å². The summed E-state index contributed by atoms with van der Waals surface area (Å²) in [5.74, 6) is -0.0165. The summed E-state index contributed by atoms with van der Waals surface area (Å²) in [5.41, 5.74) is 6.93. The van der Waals surface area contributed by atoms with Crippen LogP contribution in [0, 0.1) is 0 Å². The molecule has 104 valence electrons. The van der Waals surface area contributed by atoms with E-state index in [2.05, 4.69) is 36.9 Å². The first-order valence-corrected chi connectivity index (χ1v) is 7.52. The van der Waals surface area contributed by atoms with Crippen LogP contribution in [0.15, 0.2) is 29.2 Å². The summed E-state index contributed by atoms with van der Waals surface area (Å²) in [6.45, 7) is 6.34. The Bertz CT molecular complexity index is 450. The highest BCUT2D eigenvalue weighted by atomic mass is 32.2. The molecule has 0 saturated carbocycles. The molecule has 1 aliphatic heterocycles. The molecular weight excluding hydrogens is 258 g/mol. The molecule has 1 aromatic carbocycles. The molecule has 3 N–H and O–H groups in total. The third-order valence-corrected chi connectivity index (χ3v) is 3.97. The van der Waals surface area contributed by atoms with E-state index >= 15 is 0 Å². The Morgan fingerprint density at radius 3 is 2.74 bits per heavy atom. The molecule has 1 aliphatic rings. The van der Waals surface area contributed by atoms with Crippen LogP contribution in [0.2, 0.25) is 0 Å². The van der Waals surface area contributed by atoms with Crippen molar-refractivity contribution in [3.63, 3.8) is 0 Å². The minimum Gasteiger partial charge on any atom is -0.335 e. The maximum absolute atomic E-state index is 12.3. The number of carbonyl (C=O) groups is 1. The van der Waals surface area contributed by atoms with Crippen molar-refractivity contribution in [1.82, 2.24) is 16.2 Å². The van der Waals surface area contributed by atoms with Crippen LogP contribution in [0.1, 0.15) is 37.6 Å². The quantitative estimate of drug-likeness (QED) is 0.739. The molecule has 0 aliphatic carbocycles. The molecule has 2 atom stereocenters. The van der Waals surface area contributed by atoms with Gasteiger partial charge in [0.05, 0.1) is 11.7 Å². The lowest BCUT2D eigenvalue weighted by atomic mass is 10.2. The standard InChI is InChI=1S/C14H21N3OS/c1-9(2)19-12-7-5-4-6-11(12)14(18)15-13-8-10(3)16-17-13/h4-7,9-10,13,16-17H,8H2,1-3H3,(H,15,18). The predicted molar refractivity (Wildman–Crippen MR) is 79.0 cm³/mol. The second kappa shape index (κ2) is 6.41. The molecule has 1 heterocycles. The van der Waals surface area contributed by atoms with Crippen molar-refractivity contribution < 1.29 is 4.79 Å². The van der Waals surface area contributed by atoms with Gasteiger partial charge in [-0.2, -0.15) is 0 Å². The number of carbonyl (C=O) groups excluding carboxylic acids is 1. The van der Waals surface area contributed by atoms with Crippen LogP contribution < -0.4 is 16.2 Å². The zero-order valence-corrected chi connectivity index (χ0v) is 12.4. The van der Waals surface area contributed by atoms with E-state index in [0.29, 0.717) is 11.3 Å². The van der Waals surface area contributed by atoms with Gasteiger partial charge in [-0.1, -0.05) is 26.0 Å². The molecule has 5 heteroatoms. The van der Waals surface area contributed by atoms with E-state index in [-0.39, 0.29) is 12.1 Å². The first kappa shape index (κ1) is 14.4. The molecule has 1 fully saturated rings. The minimum atomic E-state index is -0.0165. The molecule has 2 unspecified atom stereocenters. The SMILES string of the molecule is CC1CC(NC(=O)c2ccccc2SC(C)C)NN1. The average molecular weight is 279 g/mol. The van der Waals surface area contributed by atoms with Gasteiger partial charge >= 0.3 is 0 Å². The van der Waals surface area contributed by atoms with Crippen LogP contribution >= 0.6 is 11.8 Å². The molecule has 2 rings (SSSR count). The van der Waals surface area contributed by atoms with E-state index in [1.807, 2.05) is 24.3 Å². The summed E-state index contributed by atoms with van der Waals surface area (Å²) in [7, 11) is 0. The summed E-state index contributed by atoms with van der Waals surface area (Å²) in [4.78, 5) is 13.4. The molecular formula is C14H21N3OS. The molecule has 0 aromatic heterocycles. The van der Waals surface area contributed by atoms with Crippen LogP contribution in [0.5, 0.6) is 0 Å². The fraction of sp³-hybridized carbons (Fsp3) is 0.500. The monoisotopic (exact) mass is 279 g/mol. The van der Waals surface area contributed by atoms with Crippen molar-refractivity contribution in [3.8, 4) is 0 Å². The lowest BCUT2D eigenvalue weighted by Crippen LogP contribution is -2.44. The van der Waals surface area contributed by atoms with E-state index in [1.54, 1.807) is 11.8 Å². The third kappa shape index (κ3) is 3.96. The van der Waals surface area contributed by atoms with Gasteiger partial charge in [-0.05, 0) is 25.5 Å². The van der Waals surface area contributed by atoms with E-state index < -0.39 is 0 Å². The van der Waals surface area contributed by atoms with Gasteiger partial charge in [-0.3, -0.25) is 10.2 Å². The number of hydrogen-bond acceptors (Lipinski definition) is 4. The van der Waals surface area contributed by atoms with Crippen molar-refractivity contribution in [3.05, 3.63) is 29.8 Å². The van der Waals surface area contributed by atoms with Crippen LogP contribution in [-0.4, -0.2) is 23.4 Å². The summed E-state index contributed by atoms with van der Waals surface area (Å²) >= 11 is 1.71. The Kier molecular flexibility index (Phi) is 4.85. The number of benzene rings is 1. The second-order valence-corrected chi connectivity index (χ2v) is 6.73. The van der Waals surface area contributed by atoms with Crippen LogP contribution in [0.4, 0.5) is 0 Å². The van der Waals surface area contributed by atoms with Crippen molar-refractivity contribution in [2.45, 2.75) is 49.5 Å². The van der Waals surface area contributed by atoms with Crippen LogP contribution in [0.25, 0.3) is 0 Å². The van der Waals surface area contributed by atoms with E-state index in [4.69, 9.17) is 0 Å². The topological polar surface area (TPSA) is 53.2 Å². The number of rotatable bonds is 4. The van der Waals surface area contributed by atoms with Crippen LogP contribution in [-0.2, 0) is 0 Å². The molecule has 1 aromatic rings. The molecule has 1 saturated heterocycles. The number of hydrazine groups is 1. The zero-order chi connectivity index (χ0) is 13.8. The van der Waals surface area contributed by atoms with Crippen molar-refractivity contribution in [2.75, 3.05) is 0 Å². The molecule has 1 amide bonds. The maximum atomic E-state index is 12.3. The largest absolute Gasteiger partial charge is 0.335 e. The van der Waals surface area contributed by atoms with Gasteiger partial charge in [0.2, 0.25) is 0 Å². The van der Waals surface area contributed by atoms with Crippen molar-refractivity contribution in [2.24, 2.45) is 0 Å². The number of thioether (sulfide) groups is 1. The summed E-state index contributed by atoms with van der Waals surface area (Å²) in [6, 6.07) is 8.14. The van der Waals surface area contributed by atoms with Gasteiger partial charge in [0.15, 0.2) is 0 Å². The highest BCUT2D eigenvalue weighted by Gasteiger charge is 2.23. The maximum Gasteiger partial charge on any atom is 0.253 e. The van der Waals surface area contributed by atoms with Gasteiger partial charge in [0, 0.05) is 16.2 Å². The zero-order valence-electron chi connectivity index (χ0n) is 11.6. The molecule has 0 spiro atoms. The lowest BCUT2D eigenvalue weighted by Gasteiger charge is -2.15. The molecule has 19 heavy (non-hydrogen) atoms. The highest BCUT2D eigenvalue weighted by molar-refractivity contribution is 8.00. The minimum absolute atomic E-state index is 0.000365. The van der Waals surface area contributed by atoms with E-state index in [9.17, 15) is 4.79 Å². The molecule has 0 radical (unpaired) electrons. The Morgan fingerprint density at radius 2 is 2.11 bits per heavy atom. The Hall–Kier alpha value is -1.04. The average Bonchev–Trinajstić information content (AvgIpc) is 2.74. The van der Waals surface area contributed by atoms with E-state index in [1.165, 1.54) is 0 Å². The fourth-order valence-corrected chi connectivity index (χ4v) is 3.01. The van der Waals surface area contributed by atoms with Crippen molar-refractivity contribution >= 4 is 17.7 Å². The third-order valence-electron chi connectivity index (χ3n) is 2.89. The normalized spacial score (nSPS) is 22.7. The van der Waals surface area contributed by atoms with Gasteiger partial charge in [-0.25, -0.2) is 5.43 Å². The fourth-order valence-electron chi connectivity index (χ4n) is 2.06. The smallest absolute Gasteiger partial charge is 0.253 e. The second-order valence-electron chi connectivity index (χ2n) is 5.11. The molecule has 0 bridgehead atoms.